The van der Waals surface area contributed by atoms with Crippen LogP contribution in [0.3, 0.4) is 0 Å². The molecule has 0 spiro atoms. The molecule has 0 aliphatic carbocycles. The monoisotopic (exact) mass is 347 g/mol. The van der Waals surface area contributed by atoms with E-state index in [9.17, 15) is 0 Å². The molecule has 0 saturated heterocycles. The molecular weight excluding hydrogens is 322 g/mol. The Morgan fingerprint density at radius 1 is 1.15 bits per heavy atom. The third-order valence-electron chi connectivity index (χ3n) is 4.92. The van der Waals surface area contributed by atoms with E-state index < -0.39 is 0 Å². The van der Waals surface area contributed by atoms with Crippen LogP contribution in [0.15, 0.2) is 36.4 Å². The first-order chi connectivity index (χ1) is 12.7. The highest BCUT2D eigenvalue weighted by Crippen LogP contribution is 2.26. The van der Waals surface area contributed by atoms with Crippen LogP contribution < -0.4 is 4.90 Å². The zero-order valence-electron chi connectivity index (χ0n) is 15.5. The van der Waals surface area contributed by atoms with Crippen LogP contribution in [0, 0.1) is 6.92 Å². The van der Waals surface area contributed by atoms with Crippen molar-refractivity contribution in [3.05, 3.63) is 70.4 Å². The maximum absolute atomic E-state index is 4.80. The SMILES string of the molecule is CCCc1nc(C)cc(N2CCc3[nH]nc(Cc4ccccc4)c3C2)n1. The Bertz CT molecular complexity index is 885. The van der Waals surface area contributed by atoms with Gasteiger partial charge in [0.2, 0.25) is 0 Å². The number of rotatable bonds is 5. The fourth-order valence-electron chi connectivity index (χ4n) is 3.59. The van der Waals surface area contributed by atoms with Crippen molar-refractivity contribution in [3.63, 3.8) is 0 Å². The van der Waals surface area contributed by atoms with Crippen LogP contribution in [0.25, 0.3) is 0 Å². The first-order valence-corrected chi connectivity index (χ1v) is 9.41. The molecule has 0 saturated carbocycles. The van der Waals surface area contributed by atoms with Crippen molar-refractivity contribution in [1.29, 1.82) is 0 Å². The predicted octanol–water partition coefficient (Wildman–Crippen LogP) is 3.61. The van der Waals surface area contributed by atoms with Gasteiger partial charge in [-0.3, -0.25) is 5.10 Å². The zero-order chi connectivity index (χ0) is 17.9. The number of benzene rings is 1. The lowest BCUT2D eigenvalue weighted by Crippen LogP contribution is -2.31. The Labute approximate surface area is 154 Å². The Morgan fingerprint density at radius 3 is 2.81 bits per heavy atom. The summed E-state index contributed by atoms with van der Waals surface area (Å²) < 4.78 is 0. The second-order valence-corrected chi connectivity index (χ2v) is 7.00. The van der Waals surface area contributed by atoms with Crippen LogP contribution in [-0.4, -0.2) is 26.7 Å². The molecule has 0 fully saturated rings. The van der Waals surface area contributed by atoms with E-state index in [1.54, 1.807) is 0 Å². The minimum Gasteiger partial charge on any atom is -0.352 e. The lowest BCUT2D eigenvalue weighted by Gasteiger charge is -2.28. The molecule has 5 nitrogen and oxygen atoms in total. The van der Waals surface area contributed by atoms with Gasteiger partial charge in [0.15, 0.2) is 0 Å². The fourth-order valence-corrected chi connectivity index (χ4v) is 3.59. The number of hydrogen-bond donors (Lipinski definition) is 1. The average Bonchev–Trinajstić information content (AvgIpc) is 3.04. The van der Waals surface area contributed by atoms with Gasteiger partial charge < -0.3 is 4.90 Å². The fraction of sp³-hybridized carbons (Fsp3) is 0.381. The van der Waals surface area contributed by atoms with Crippen LogP contribution in [0.5, 0.6) is 0 Å². The highest BCUT2D eigenvalue weighted by atomic mass is 15.2. The summed E-state index contributed by atoms with van der Waals surface area (Å²) in [5.41, 5.74) is 6.08. The van der Waals surface area contributed by atoms with E-state index in [0.29, 0.717) is 0 Å². The molecule has 1 aliphatic heterocycles. The van der Waals surface area contributed by atoms with Gasteiger partial charge in [-0.1, -0.05) is 37.3 Å². The van der Waals surface area contributed by atoms with Crippen molar-refractivity contribution in [2.45, 2.75) is 46.1 Å². The lowest BCUT2D eigenvalue weighted by molar-refractivity contribution is 0.698. The van der Waals surface area contributed by atoms with Crippen LogP contribution in [0.4, 0.5) is 5.82 Å². The molecule has 26 heavy (non-hydrogen) atoms. The number of fused-ring (bicyclic) bond motifs is 1. The molecule has 3 aromatic rings. The molecule has 0 radical (unpaired) electrons. The molecule has 0 amide bonds. The van der Waals surface area contributed by atoms with Gasteiger partial charge in [-0.2, -0.15) is 5.10 Å². The van der Waals surface area contributed by atoms with Crippen molar-refractivity contribution in [3.8, 4) is 0 Å². The number of H-pyrrole nitrogens is 1. The molecule has 2 aromatic heterocycles. The highest BCUT2D eigenvalue weighted by molar-refractivity contribution is 5.45. The zero-order valence-corrected chi connectivity index (χ0v) is 15.5. The predicted molar refractivity (Wildman–Crippen MR) is 103 cm³/mol. The Balaban J connectivity index is 1.59. The second-order valence-electron chi connectivity index (χ2n) is 7.00. The van der Waals surface area contributed by atoms with E-state index in [2.05, 4.69) is 70.3 Å². The molecule has 3 heterocycles. The summed E-state index contributed by atoms with van der Waals surface area (Å²) in [7, 11) is 0. The van der Waals surface area contributed by atoms with Crippen molar-refractivity contribution in [2.75, 3.05) is 11.4 Å². The van der Waals surface area contributed by atoms with Gasteiger partial charge in [0, 0.05) is 55.4 Å². The molecular formula is C21H25N5. The minimum atomic E-state index is 0.857. The molecule has 5 heteroatoms. The van der Waals surface area contributed by atoms with Crippen molar-refractivity contribution in [1.82, 2.24) is 20.2 Å². The quantitative estimate of drug-likeness (QED) is 0.766. The van der Waals surface area contributed by atoms with E-state index >= 15 is 0 Å². The van der Waals surface area contributed by atoms with Gasteiger partial charge in [-0.05, 0) is 18.9 Å². The standard InChI is InChI=1S/C21H25N5/c1-3-7-20-22-15(2)12-21(23-20)26-11-10-18-17(14-26)19(25-24-18)13-16-8-5-4-6-9-16/h4-6,8-9,12H,3,7,10-11,13-14H2,1-2H3,(H,24,25). The Morgan fingerprint density at radius 2 is 2.00 bits per heavy atom. The van der Waals surface area contributed by atoms with Gasteiger partial charge in [0.25, 0.3) is 0 Å². The number of aromatic amines is 1. The third-order valence-corrected chi connectivity index (χ3v) is 4.92. The molecule has 0 bridgehead atoms. The molecule has 134 valence electrons. The number of anilines is 1. The molecule has 0 atom stereocenters. The number of aromatic nitrogens is 4. The summed E-state index contributed by atoms with van der Waals surface area (Å²) in [6.45, 7) is 6.04. The maximum atomic E-state index is 4.80. The van der Waals surface area contributed by atoms with E-state index in [-0.39, 0.29) is 0 Å². The van der Waals surface area contributed by atoms with Crippen LogP contribution in [0.2, 0.25) is 0 Å². The van der Waals surface area contributed by atoms with E-state index in [4.69, 9.17) is 4.98 Å². The van der Waals surface area contributed by atoms with Gasteiger partial charge >= 0.3 is 0 Å². The van der Waals surface area contributed by atoms with Crippen LogP contribution in [-0.2, 0) is 25.8 Å². The number of aryl methyl sites for hydroxylation is 2. The number of nitrogens with one attached hydrogen (secondary N) is 1. The lowest BCUT2D eigenvalue weighted by atomic mass is 10.0. The van der Waals surface area contributed by atoms with E-state index in [1.807, 2.05) is 0 Å². The molecule has 0 unspecified atom stereocenters. The summed E-state index contributed by atoms with van der Waals surface area (Å²) in [6.07, 6.45) is 3.84. The highest BCUT2D eigenvalue weighted by Gasteiger charge is 2.23. The first-order valence-electron chi connectivity index (χ1n) is 9.41. The summed E-state index contributed by atoms with van der Waals surface area (Å²) in [6, 6.07) is 12.6. The largest absolute Gasteiger partial charge is 0.352 e. The van der Waals surface area contributed by atoms with Crippen molar-refractivity contribution in [2.24, 2.45) is 0 Å². The van der Waals surface area contributed by atoms with E-state index in [1.165, 1.54) is 16.8 Å². The summed E-state index contributed by atoms with van der Waals surface area (Å²) in [4.78, 5) is 11.7. The van der Waals surface area contributed by atoms with Crippen molar-refractivity contribution >= 4 is 5.82 Å². The Hall–Kier alpha value is -2.69. The topological polar surface area (TPSA) is 57.7 Å². The average molecular weight is 347 g/mol. The number of hydrogen-bond acceptors (Lipinski definition) is 4. The number of nitrogens with zero attached hydrogens (tertiary/aromatic N) is 4. The minimum absolute atomic E-state index is 0.857. The molecule has 1 N–H and O–H groups in total. The van der Waals surface area contributed by atoms with Gasteiger partial charge in [-0.15, -0.1) is 0 Å². The smallest absolute Gasteiger partial charge is 0.132 e. The maximum Gasteiger partial charge on any atom is 0.132 e. The summed E-state index contributed by atoms with van der Waals surface area (Å²) >= 11 is 0. The molecule has 1 aliphatic rings. The molecule has 1 aromatic carbocycles. The third kappa shape index (κ3) is 3.47. The summed E-state index contributed by atoms with van der Waals surface area (Å²) in [5.74, 6) is 1.99. The second kappa shape index (κ2) is 7.28. The van der Waals surface area contributed by atoms with Gasteiger partial charge in [0.05, 0.1) is 5.69 Å². The molecule has 4 rings (SSSR count). The Kier molecular flexibility index (Phi) is 4.69. The summed E-state index contributed by atoms with van der Waals surface area (Å²) in [5, 5.41) is 7.85. The van der Waals surface area contributed by atoms with Gasteiger partial charge in [-0.25, -0.2) is 9.97 Å². The first kappa shape index (κ1) is 16.8. The van der Waals surface area contributed by atoms with Crippen molar-refractivity contribution < 1.29 is 0 Å². The van der Waals surface area contributed by atoms with Crippen LogP contribution in [0.1, 0.15) is 47.4 Å². The normalized spacial score (nSPS) is 13.7. The van der Waals surface area contributed by atoms with Gasteiger partial charge in [0.1, 0.15) is 11.6 Å². The van der Waals surface area contributed by atoms with Crippen LogP contribution >= 0.6 is 0 Å². The van der Waals surface area contributed by atoms with E-state index in [0.717, 1.165) is 61.8 Å².